The minimum absolute atomic E-state index is 0.0743. The molecule has 2 rings (SSSR count). The molecule has 2 unspecified atom stereocenters. The molecule has 5 nitrogen and oxygen atoms in total. The number of halogens is 2. The second kappa shape index (κ2) is 5.66. The van der Waals surface area contributed by atoms with Gasteiger partial charge in [0.2, 0.25) is 0 Å². The van der Waals surface area contributed by atoms with Gasteiger partial charge in [0.25, 0.3) is 5.91 Å². The molecule has 1 aliphatic rings. The van der Waals surface area contributed by atoms with Gasteiger partial charge in [-0.05, 0) is 34.1 Å². The fraction of sp³-hybridized carbons (Fsp3) is 0.333. The lowest BCUT2D eigenvalue weighted by atomic mass is 10.0. The third-order valence-corrected chi connectivity index (χ3v) is 3.55. The van der Waals surface area contributed by atoms with Gasteiger partial charge in [0.1, 0.15) is 11.7 Å². The largest absolute Gasteiger partial charge is 0.481 e. The third kappa shape index (κ3) is 3.10. The molecule has 102 valence electrons. The van der Waals surface area contributed by atoms with Crippen molar-refractivity contribution < 1.29 is 23.8 Å². The minimum atomic E-state index is -1.01. The minimum Gasteiger partial charge on any atom is -0.481 e. The molecule has 19 heavy (non-hydrogen) atoms. The van der Waals surface area contributed by atoms with Crippen molar-refractivity contribution in [2.24, 2.45) is 5.92 Å². The number of ether oxygens (including phenoxy) is 1. The molecule has 2 N–H and O–H groups in total. The summed E-state index contributed by atoms with van der Waals surface area (Å²) in [5.41, 5.74) is 0.248. The molecule has 0 aliphatic carbocycles. The number of aliphatic carboxylic acids is 1. The quantitative estimate of drug-likeness (QED) is 0.878. The molecule has 7 heteroatoms. The highest BCUT2D eigenvalue weighted by atomic mass is 79.9. The van der Waals surface area contributed by atoms with Gasteiger partial charge in [-0.25, -0.2) is 4.39 Å². The van der Waals surface area contributed by atoms with Crippen molar-refractivity contribution in [2.75, 3.05) is 13.2 Å². The Balaban J connectivity index is 2.10. The SMILES string of the molecule is O=C(NC1COCC1C(=O)O)c1ccc(F)cc1Br. The third-order valence-electron chi connectivity index (χ3n) is 2.89. The smallest absolute Gasteiger partial charge is 0.311 e. The first-order valence-electron chi connectivity index (χ1n) is 5.55. The molecule has 0 saturated carbocycles. The van der Waals surface area contributed by atoms with E-state index in [0.717, 1.165) is 0 Å². The molecule has 0 aromatic heterocycles. The Bertz CT molecular complexity index is 522. The highest BCUT2D eigenvalue weighted by Gasteiger charge is 2.35. The number of carboxylic acids is 1. The molecule has 2 atom stereocenters. The highest BCUT2D eigenvalue weighted by molar-refractivity contribution is 9.10. The van der Waals surface area contributed by atoms with Crippen LogP contribution in [0.15, 0.2) is 22.7 Å². The lowest BCUT2D eigenvalue weighted by Crippen LogP contribution is -2.42. The number of hydrogen-bond acceptors (Lipinski definition) is 3. The van der Waals surface area contributed by atoms with E-state index in [0.29, 0.717) is 4.47 Å². The van der Waals surface area contributed by atoms with E-state index in [1.54, 1.807) is 0 Å². The maximum absolute atomic E-state index is 12.9. The fourth-order valence-electron chi connectivity index (χ4n) is 1.86. The monoisotopic (exact) mass is 331 g/mol. The number of benzene rings is 1. The number of rotatable bonds is 3. The number of amides is 1. The Morgan fingerprint density at radius 2 is 2.16 bits per heavy atom. The average molecular weight is 332 g/mol. The van der Waals surface area contributed by atoms with Crippen LogP contribution in [-0.2, 0) is 9.53 Å². The first-order valence-corrected chi connectivity index (χ1v) is 6.35. The van der Waals surface area contributed by atoms with Crippen LogP contribution in [0.4, 0.5) is 4.39 Å². The number of nitrogens with one attached hydrogen (secondary N) is 1. The van der Waals surface area contributed by atoms with E-state index in [1.807, 2.05) is 0 Å². The van der Waals surface area contributed by atoms with Gasteiger partial charge in [-0.1, -0.05) is 0 Å². The summed E-state index contributed by atoms with van der Waals surface area (Å²) in [6.45, 7) is 0.229. The molecule has 1 aliphatic heterocycles. The van der Waals surface area contributed by atoms with Gasteiger partial charge in [0, 0.05) is 4.47 Å². The summed E-state index contributed by atoms with van der Waals surface area (Å²) in [5.74, 6) is -2.70. The van der Waals surface area contributed by atoms with Gasteiger partial charge in [0.05, 0.1) is 24.8 Å². The number of carbonyl (C=O) groups excluding carboxylic acids is 1. The molecule has 1 fully saturated rings. The molecule has 0 bridgehead atoms. The molecule has 0 spiro atoms. The van der Waals surface area contributed by atoms with Gasteiger partial charge in [-0.2, -0.15) is 0 Å². The molecular formula is C12H11BrFNO4. The molecule has 1 aromatic carbocycles. The summed E-state index contributed by atoms with van der Waals surface area (Å²) in [4.78, 5) is 22.9. The van der Waals surface area contributed by atoms with E-state index >= 15 is 0 Å². The predicted octanol–water partition coefficient (Wildman–Crippen LogP) is 1.42. The van der Waals surface area contributed by atoms with E-state index in [4.69, 9.17) is 9.84 Å². The van der Waals surface area contributed by atoms with E-state index < -0.39 is 29.7 Å². The summed E-state index contributed by atoms with van der Waals surface area (Å²) in [5, 5.41) is 11.6. The first kappa shape index (κ1) is 14.0. The van der Waals surface area contributed by atoms with Crippen molar-refractivity contribution in [3.63, 3.8) is 0 Å². The van der Waals surface area contributed by atoms with Crippen molar-refractivity contribution in [1.82, 2.24) is 5.32 Å². The van der Waals surface area contributed by atoms with Crippen LogP contribution in [0.3, 0.4) is 0 Å². The van der Waals surface area contributed by atoms with Crippen molar-refractivity contribution in [2.45, 2.75) is 6.04 Å². The highest BCUT2D eigenvalue weighted by Crippen LogP contribution is 2.20. The van der Waals surface area contributed by atoms with E-state index in [1.165, 1.54) is 18.2 Å². The van der Waals surface area contributed by atoms with Crippen molar-refractivity contribution in [3.05, 3.63) is 34.1 Å². The van der Waals surface area contributed by atoms with Gasteiger partial charge in [-0.3, -0.25) is 9.59 Å². The normalized spacial score (nSPS) is 22.2. The Kier molecular flexibility index (Phi) is 4.16. The zero-order chi connectivity index (χ0) is 14.0. The zero-order valence-electron chi connectivity index (χ0n) is 9.73. The number of hydrogen-bond donors (Lipinski definition) is 2. The predicted molar refractivity (Wildman–Crippen MR) is 67.3 cm³/mol. The second-order valence-corrected chi connectivity index (χ2v) is 5.04. The zero-order valence-corrected chi connectivity index (χ0v) is 11.3. The molecule has 1 aromatic rings. The Morgan fingerprint density at radius 3 is 2.79 bits per heavy atom. The van der Waals surface area contributed by atoms with Crippen LogP contribution in [0.1, 0.15) is 10.4 Å². The molecule has 1 saturated heterocycles. The number of carbonyl (C=O) groups is 2. The molecular weight excluding hydrogens is 321 g/mol. The lowest BCUT2D eigenvalue weighted by Gasteiger charge is -2.16. The fourth-order valence-corrected chi connectivity index (χ4v) is 2.39. The van der Waals surface area contributed by atoms with Crippen LogP contribution in [0.25, 0.3) is 0 Å². The van der Waals surface area contributed by atoms with E-state index in [-0.39, 0.29) is 18.8 Å². The number of carboxylic acid groups (broad SMARTS) is 1. The Labute approximate surface area is 116 Å². The van der Waals surface area contributed by atoms with Crippen LogP contribution in [-0.4, -0.2) is 36.2 Å². The van der Waals surface area contributed by atoms with Gasteiger partial charge in [-0.15, -0.1) is 0 Å². The van der Waals surface area contributed by atoms with Crippen LogP contribution in [0.2, 0.25) is 0 Å². The first-order chi connectivity index (χ1) is 8.99. The lowest BCUT2D eigenvalue weighted by molar-refractivity contribution is -0.142. The summed E-state index contributed by atoms with van der Waals surface area (Å²) >= 11 is 3.09. The Morgan fingerprint density at radius 1 is 1.42 bits per heavy atom. The van der Waals surface area contributed by atoms with Crippen LogP contribution >= 0.6 is 15.9 Å². The van der Waals surface area contributed by atoms with E-state index in [2.05, 4.69) is 21.2 Å². The van der Waals surface area contributed by atoms with Crippen LogP contribution in [0, 0.1) is 11.7 Å². The summed E-state index contributed by atoms with van der Waals surface area (Å²) in [6.07, 6.45) is 0. The van der Waals surface area contributed by atoms with Crippen molar-refractivity contribution in [1.29, 1.82) is 0 Å². The van der Waals surface area contributed by atoms with Gasteiger partial charge < -0.3 is 15.2 Å². The summed E-state index contributed by atoms with van der Waals surface area (Å²) in [6, 6.07) is 3.09. The molecule has 1 amide bonds. The maximum atomic E-state index is 12.9. The van der Waals surface area contributed by atoms with Crippen molar-refractivity contribution >= 4 is 27.8 Å². The standard InChI is InChI=1S/C12H11BrFNO4/c13-9-3-6(14)1-2-7(9)11(16)15-10-5-19-4-8(10)12(17)18/h1-3,8,10H,4-5H2,(H,15,16)(H,17,18). The summed E-state index contributed by atoms with van der Waals surface area (Å²) in [7, 11) is 0. The summed E-state index contributed by atoms with van der Waals surface area (Å²) < 4.78 is 18.3. The van der Waals surface area contributed by atoms with Crippen molar-refractivity contribution in [3.8, 4) is 0 Å². The van der Waals surface area contributed by atoms with E-state index in [9.17, 15) is 14.0 Å². The topological polar surface area (TPSA) is 75.6 Å². The Hall–Kier alpha value is -1.47. The van der Waals surface area contributed by atoms with Gasteiger partial charge >= 0.3 is 5.97 Å². The molecule has 1 heterocycles. The average Bonchev–Trinajstić information content (AvgIpc) is 2.76. The van der Waals surface area contributed by atoms with Crippen LogP contribution in [0.5, 0.6) is 0 Å². The van der Waals surface area contributed by atoms with Gasteiger partial charge in [0.15, 0.2) is 0 Å². The van der Waals surface area contributed by atoms with Crippen LogP contribution < -0.4 is 5.32 Å². The second-order valence-electron chi connectivity index (χ2n) is 4.19. The maximum Gasteiger partial charge on any atom is 0.311 e. The molecule has 0 radical (unpaired) electrons.